The summed E-state index contributed by atoms with van der Waals surface area (Å²) in [6.45, 7) is 4.71. The van der Waals surface area contributed by atoms with Crippen LogP contribution in [0.1, 0.15) is 29.7 Å². The lowest BCUT2D eigenvalue weighted by Gasteiger charge is -2.12. The molecule has 0 bridgehead atoms. The zero-order valence-corrected chi connectivity index (χ0v) is 10.6. The van der Waals surface area contributed by atoms with Gasteiger partial charge in [0, 0.05) is 28.9 Å². The number of nitrogens with zero attached hydrogens (tertiary/aromatic N) is 2. The predicted molar refractivity (Wildman–Crippen MR) is 68.2 cm³/mol. The van der Waals surface area contributed by atoms with Gasteiger partial charge in [0.15, 0.2) is 0 Å². The second kappa shape index (κ2) is 4.90. The summed E-state index contributed by atoms with van der Waals surface area (Å²) in [4.78, 5) is 0. The monoisotopic (exact) mass is 250 g/mol. The zero-order valence-electron chi connectivity index (χ0n) is 9.89. The Morgan fingerprint density at radius 1 is 1.47 bits per heavy atom. The van der Waals surface area contributed by atoms with Crippen LogP contribution in [0.2, 0.25) is 5.02 Å². The summed E-state index contributed by atoms with van der Waals surface area (Å²) in [5.74, 6) is 0. The van der Waals surface area contributed by atoms with Crippen molar-refractivity contribution in [2.24, 2.45) is 0 Å². The molecule has 1 atom stereocenters. The Kier molecular flexibility index (Phi) is 3.50. The number of aliphatic hydroxyl groups excluding tert-OH is 1. The first-order valence-electron chi connectivity index (χ1n) is 5.59. The molecule has 0 radical (unpaired) electrons. The van der Waals surface area contributed by atoms with Crippen molar-refractivity contribution < 1.29 is 5.11 Å². The molecular weight excluding hydrogens is 236 g/mol. The van der Waals surface area contributed by atoms with Gasteiger partial charge < -0.3 is 5.11 Å². The molecule has 1 aromatic heterocycles. The Labute approximate surface area is 106 Å². The van der Waals surface area contributed by atoms with Crippen molar-refractivity contribution in [3.8, 4) is 0 Å². The second-order valence-corrected chi connectivity index (χ2v) is 4.39. The lowest BCUT2D eigenvalue weighted by atomic mass is 10.0. The Morgan fingerprint density at radius 2 is 2.24 bits per heavy atom. The van der Waals surface area contributed by atoms with Gasteiger partial charge in [-0.05, 0) is 19.4 Å². The molecule has 1 heterocycles. The standard InChI is InChI=1S/C13H15ClN2O/c1-3-16-8-10(7-15-16)13(17)11-6-4-5-9(2)12(11)14/h4-8,13,17H,3H2,1-2H3. The maximum atomic E-state index is 10.3. The van der Waals surface area contributed by atoms with Crippen molar-refractivity contribution in [3.63, 3.8) is 0 Å². The highest BCUT2D eigenvalue weighted by Crippen LogP contribution is 2.30. The quantitative estimate of drug-likeness (QED) is 0.910. The molecule has 2 rings (SSSR count). The number of aliphatic hydroxyl groups is 1. The van der Waals surface area contributed by atoms with E-state index in [1.807, 2.05) is 38.2 Å². The third-order valence-electron chi connectivity index (χ3n) is 2.81. The second-order valence-electron chi connectivity index (χ2n) is 4.01. The van der Waals surface area contributed by atoms with Gasteiger partial charge in [-0.15, -0.1) is 0 Å². The molecule has 4 heteroatoms. The smallest absolute Gasteiger partial charge is 0.109 e. The van der Waals surface area contributed by atoms with Crippen LogP contribution in [0.15, 0.2) is 30.6 Å². The van der Waals surface area contributed by atoms with E-state index >= 15 is 0 Å². The Morgan fingerprint density at radius 3 is 2.88 bits per heavy atom. The first kappa shape index (κ1) is 12.1. The van der Waals surface area contributed by atoms with Crippen LogP contribution < -0.4 is 0 Å². The van der Waals surface area contributed by atoms with Gasteiger partial charge in [0.05, 0.1) is 6.20 Å². The van der Waals surface area contributed by atoms with Gasteiger partial charge in [-0.2, -0.15) is 5.10 Å². The van der Waals surface area contributed by atoms with E-state index in [2.05, 4.69) is 5.10 Å². The van der Waals surface area contributed by atoms with Gasteiger partial charge in [-0.25, -0.2) is 0 Å². The molecule has 1 N–H and O–H groups in total. The zero-order chi connectivity index (χ0) is 12.4. The highest BCUT2D eigenvalue weighted by molar-refractivity contribution is 6.32. The number of aryl methyl sites for hydroxylation is 2. The van der Waals surface area contributed by atoms with E-state index in [1.165, 1.54) is 0 Å². The summed E-state index contributed by atoms with van der Waals surface area (Å²) in [6.07, 6.45) is 2.79. The van der Waals surface area contributed by atoms with Gasteiger partial charge in [-0.1, -0.05) is 29.8 Å². The minimum atomic E-state index is -0.720. The Balaban J connectivity index is 2.36. The Bertz CT molecular complexity index is 522. The molecule has 0 saturated heterocycles. The number of halogens is 1. The van der Waals surface area contributed by atoms with Crippen molar-refractivity contribution in [2.75, 3.05) is 0 Å². The van der Waals surface area contributed by atoms with Gasteiger partial charge in [-0.3, -0.25) is 4.68 Å². The fraction of sp³-hybridized carbons (Fsp3) is 0.308. The van der Waals surface area contributed by atoms with Crippen LogP contribution in [0.25, 0.3) is 0 Å². The summed E-state index contributed by atoms with van der Waals surface area (Å²) in [5, 5.41) is 15.0. The summed E-state index contributed by atoms with van der Waals surface area (Å²) in [6, 6.07) is 5.65. The van der Waals surface area contributed by atoms with E-state index in [0.29, 0.717) is 5.02 Å². The van der Waals surface area contributed by atoms with Crippen LogP contribution in [0.4, 0.5) is 0 Å². The van der Waals surface area contributed by atoms with Crippen LogP contribution in [-0.4, -0.2) is 14.9 Å². The van der Waals surface area contributed by atoms with Crippen LogP contribution >= 0.6 is 11.6 Å². The number of hydrogen-bond acceptors (Lipinski definition) is 2. The Hall–Kier alpha value is -1.32. The van der Waals surface area contributed by atoms with Crippen LogP contribution in [-0.2, 0) is 6.54 Å². The van der Waals surface area contributed by atoms with E-state index in [4.69, 9.17) is 11.6 Å². The highest BCUT2D eigenvalue weighted by atomic mass is 35.5. The molecule has 0 amide bonds. The first-order valence-corrected chi connectivity index (χ1v) is 5.96. The van der Waals surface area contributed by atoms with Crippen LogP contribution in [0.3, 0.4) is 0 Å². The molecule has 0 aliphatic heterocycles. The van der Waals surface area contributed by atoms with Crippen molar-refractivity contribution in [1.29, 1.82) is 0 Å². The van der Waals surface area contributed by atoms with E-state index < -0.39 is 6.10 Å². The van der Waals surface area contributed by atoms with E-state index in [0.717, 1.165) is 23.2 Å². The number of rotatable bonds is 3. The third-order valence-corrected chi connectivity index (χ3v) is 3.33. The topological polar surface area (TPSA) is 38.0 Å². The van der Waals surface area contributed by atoms with Crippen LogP contribution in [0.5, 0.6) is 0 Å². The molecule has 3 nitrogen and oxygen atoms in total. The van der Waals surface area contributed by atoms with Crippen molar-refractivity contribution >= 4 is 11.6 Å². The summed E-state index contributed by atoms with van der Waals surface area (Å²) in [7, 11) is 0. The molecule has 1 unspecified atom stereocenters. The van der Waals surface area contributed by atoms with Gasteiger partial charge in [0.25, 0.3) is 0 Å². The summed E-state index contributed by atoms with van der Waals surface area (Å²) in [5.41, 5.74) is 2.45. The summed E-state index contributed by atoms with van der Waals surface area (Å²) >= 11 is 6.19. The lowest BCUT2D eigenvalue weighted by molar-refractivity contribution is 0.220. The molecule has 0 spiro atoms. The predicted octanol–water partition coefficient (Wildman–Crippen LogP) is 2.95. The van der Waals surface area contributed by atoms with Gasteiger partial charge in [0.1, 0.15) is 6.10 Å². The maximum absolute atomic E-state index is 10.3. The average molecular weight is 251 g/mol. The molecule has 17 heavy (non-hydrogen) atoms. The largest absolute Gasteiger partial charge is 0.383 e. The molecule has 1 aromatic carbocycles. The fourth-order valence-corrected chi connectivity index (χ4v) is 1.98. The van der Waals surface area contributed by atoms with Crippen LogP contribution in [0, 0.1) is 6.92 Å². The molecule has 0 fully saturated rings. The molecule has 0 saturated carbocycles. The first-order chi connectivity index (χ1) is 8.13. The molecule has 0 aliphatic carbocycles. The van der Waals surface area contributed by atoms with E-state index in [-0.39, 0.29) is 0 Å². The minimum Gasteiger partial charge on any atom is -0.383 e. The lowest BCUT2D eigenvalue weighted by Crippen LogP contribution is -2.00. The highest BCUT2D eigenvalue weighted by Gasteiger charge is 2.16. The summed E-state index contributed by atoms with van der Waals surface area (Å²) < 4.78 is 1.78. The number of hydrogen-bond donors (Lipinski definition) is 1. The normalized spacial score (nSPS) is 12.7. The number of benzene rings is 1. The van der Waals surface area contributed by atoms with Crippen molar-refractivity contribution in [1.82, 2.24) is 9.78 Å². The van der Waals surface area contributed by atoms with E-state index in [1.54, 1.807) is 10.9 Å². The molecule has 90 valence electrons. The third kappa shape index (κ3) is 2.35. The van der Waals surface area contributed by atoms with E-state index in [9.17, 15) is 5.11 Å². The van der Waals surface area contributed by atoms with Gasteiger partial charge >= 0.3 is 0 Å². The van der Waals surface area contributed by atoms with Crippen molar-refractivity contribution in [2.45, 2.75) is 26.5 Å². The van der Waals surface area contributed by atoms with Crippen molar-refractivity contribution in [3.05, 3.63) is 52.3 Å². The average Bonchev–Trinajstić information content (AvgIpc) is 2.80. The fourth-order valence-electron chi connectivity index (χ4n) is 1.75. The molecule has 2 aromatic rings. The van der Waals surface area contributed by atoms with Gasteiger partial charge in [0.2, 0.25) is 0 Å². The number of aromatic nitrogens is 2. The molecule has 0 aliphatic rings. The SMILES string of the molecule is CCn1cc(C(O)c2cccc(C)c2Cl)cn1. The molecular formula is C13H15ClN2O. The minimum absolute atomic E-state index is 0.615. The maximum Gasteiger partial charge on any atom is 0.109 e.